The molecule has 0 saturated carbocycles. The largest absolute Gasteiger partial charge is 0.448 e. The summed E-state index contributed by atoms with van der Waals surface area (Å²) in [7, 11) is 0. The molecule has 0 radical (unpaired) electrons. The van der Waals surface area contributed by atoms with Gasteiger partial charge in [0.05, 0.1) is 18.6 Å². The molecule has 3 amide bonds. The van der Waals surface area contributed by atoms with Crippen molar-refractivity contribution in [2.24, 2.45) is 5.92 Å². The summed E-state index contributed by atoms with van der Waals surface area (Å²) in [6, 6.07) is 8.32. The fourth-order valence-corrected chi connectivity index (χ4v) is 3.83. The first-order valence-electron chi connectivity index (χ1n) is 8.98. The Labute approximate surface area is 156 Å². The quantitative estimate of drug-likeness (QED) is 0.586. The molecule has 0 unspecified atom stereocenters. The normalized spacial score (nSPS) is 28.9. The number of carbonyl (C=O) groups excluding carboxylic acids is 3. The highest BCUT2D eigenvalue weighted by Crippen LogP contribution is 2.42. The third-order valence-corrected chi connectivity index (χ3v) is 5.21. The van der Waals surface area contributed by atoms with E-state index < -0.39 is 18.4 Å². The van der Waals surface area contributed by atoms with Crippen LogP contribution in [0.15, 0.2) is 42.0 Å². The Hall–Kier alpha value is -2.87. The molecule has 8 nitrogen and oxygen atoms in total. The molecule has 2 saturated heterocycles. The van der Waals surface area contributed by atoms with Gasteiger partial charge in [-0.05, 0) is 37.6 Å². The highest BCUT2D eigenvalue weighted by atomic mass is 16.7. The molecule has 27 heavy (non-hydrogen) atoms. The topological polar surface area (TPSA) is 79.4 Å². The molecule has 1 aromatic carbocycles. The lowest BCUT2D eigenvalue weighted by molar-refractivity contribution is -0.187. The SMILES string of the molecule is CCOC(=O)N1[C@@H]2C=C(C)[C@@H](ON2C(=O)c2ccccc2)[C@@H]2[C@@H](C)C(=O)N21. The number of amides is 3. The van der Waals surface area contributed by atoms with Crippen molar-refractivity contribution in [1.82, 2.24) is 15.1 Å². The van der Waals surface area contributed by atoms with Gasteiger partial charge in [0, 0.05) is 5.56 Å². The van der Waals surface area contributed by atoms with Crippen molar-refractivity contribution in [2.45, 2.75) is 39.1 Å². The lowest BCUT2D eigenvalue weighted by Crippen LogP contribution is -2.70. The molecule has 4 aliphatic rings. The van der Waals surface area contributed by atoms with E-state index in [1.165, 1.54) is 15.1 Å². The second kappa shape index (κ2) is 6.38. The summed E-state index contributed by atoms with van der Waals surface area (Å²) in [5.74, 6) is -0.893. The Morgan fingerprint density at radius 2 is 1.93 bits per heavy atom. The van der Waals surface area contributed by atoms with E-state index in [1.807, 2.05) is 13.0 Å². The van der Waals surface area contributed by atoms with Crippen molar-refractivity contribution in [3.05, 3.63) is 47.5 Å². The van der Waals surface area contributed by atoms with Crippen LogP contribution in [0.1, 0.15) is 31.1 Å². The number of rotatable bonds is 2. The number of hydrogen-bond donors (Lipinski definition) is 0. The van der Waals surface area contributed by atoms with E-state index in [1.54, 1.807) is 44.2 Å². The molecule has 0 aromatic heterocycles. The average molecular weight is 371 g/mol. The van der Waals surface area contributed by atoms with Crippen molar-refractivity contribution in [1.29, 1.82) is 0 Å². The van der Waals surface area contributed by atoms with Crippen LogP contribution in [0.3, 0.4) is 0 Å². The van der Waals surface area contributed by atoms with E-state index in [-0.39, 0.29) is 30.4 Å². The van der Waals surface area contributed by atoms with Crippen molar-refractivity contribution in [2.75, 3.05) is 6.61 Å². The second-order valence-corrected chi connectivity index (χ2v) is 6.85. The molecule has 4 heterocycles. The van der Waals surface area contributed by atoms with Crippen LogP contribution >= 0.6 is 0 Å². The maximum Gasteiger partial charge on any atom is 0.431 e. The van der Waals surface area contributed by atoms with Crippen LogP contribution < -0.4 is 0 Å². The minimum absolute atomic E-state index is 0.157. The molecule has 142 valence electrons. The van der Waals surface area contributed by atoms with Gasteiger partial charge in [0.15, 0.2) is 6.17 Å². The fourth-order valence-electron chi connectivity index (χ4n) is 3.83. The third-order valence-electron chi connectivity index (χ3n) is 5.21. The van der Waals surface area contributed by atoms with Gasteiger partial charge in [-0.25, -0.2) is 9.80 Å². The number of benzene rings is 1. The Bertz CT molecular complexity index is 824. The lowest BCUT2D eigenvalue weighted by atomic mass is 9.84. The van der Waals surface area contributed by atoms with E-state index in [0.29, 0.717) is 5.56 Å². The van der Waals surface area contributed by atoms with Crippen LogP contribution in [0.4, 0.5) is 4.79 Å². The number of hydroxylamine groups is 2. The number of hydrazine groups is 1. The summed E-state index contributed by atoms with van der Waals surface area (Å²) >= 11 is 0. The number of β-lactam (4-membered cyclic amide) rings is 1. The first-order valence-corrected chi connectivity index (χ1v) is 8.98. The maximum absolute atomic E-state index is 13.1. The zero-order chi connectivity index (χ0) is 19.3. The Morgan fingerprint density at radius 1 is 1.22 bits per heavy atom. The van der Waals surface area contributed by atoms with Crippen molar-refractivity contribution in [3.8, 4) is 0 Å². The predicted molar refractivity (Wildman–Crippen MR) is 93.7 cm³/mol. The monoisotopic (exact) mass is 371 g/mol. The molecule has 4 atom stereocenters. The summed E-state index contributed by atoms with van der Waals surface area (Å²) in [6.07, 6.45) is -0.297. The molecular weight excluding hydrogens is 350 g/mol. The molecule has 1 aromatic rings. The van der Waals surface area contributed by atoms with Gasteiger partial charge >= 0.3 is 6.09 Å². The van der Waals surface area contributed by atoms with Crippen LogP contribution in [0.5, 0.6) is 0 Å². The Morgan fingerprint density at radius 3 is 2.59 bits per heavy atom. The molecule has 0 spiro atoms. The minimum Gasteiger partial charge on any atom is -0.448 e. The molecule has 4 aliphatic heterocycles. The number of ether oxygens (including phenoxy) is 1. The molecular formula is C19H21N3O5. The molecule has 5 rings (SSSR count). The standard InChI is InChI=1S/C19H21N3O5/c1-4-26-19(25)20-14-10-11(2)16(15-12(3)17(23)21(15)20)27-22(14)18(24)13-8-6-5-7-9-13/h5-10,12,14-16H,4H2,1-3H3/t12-,14+,15+,16-/m1/s1. The Kier molecular flexibility index (Phi) is 4.15. The van der Waals surface area contributed by atoms with Crippen LogP contribution in [0, 0.1) is 5.92 Å². The molecule has 2 bridgehead atoms. The second-order valence-electron chi connectivity index (χ2n) is 6.85. The molecule has 0 N–H and O–H groups in total. The summed E-state index contributed by atoms with van der Waals surface area (Å²) in [6.45, 7) is 5.52. The number of nitrogens with zero attached hydrogens (tertiary/aromatic N) is 3. The van der Waals surface area contributed by atoms with E-state index in [9.17, 15) is 14.4 Å². The van der Waals surface area contributed by atoms with Gasteiger partial charge in [-0.1, -0.05) is 25.1 Å². The smallest absolute Gasteiger partial charge is 0.431 e. The average Bonchev–Trinajstić information content (AvgIpc) is 2.88. The van der Waals surface area contributed by atoms with E-state index >= 15 is 0 Å². The minimum atomic E-state index is -0.894. The molecule has 8 heteroatoms. The summed E-state index contributed by atoms with van der Waals surface area (Å²) in [5, 5.41) is 3.75. The van der Waals surface area contributed by atoms with E-state index in [4.69, 9.17) is 9.57 Å². The van der Waals surface area contributed by atoms with Gasteiger partial charge in [-0.15, -0.1) is 0 Å². The zero-order valence-corrected chi connectivity index (χ0v) is 15.4. The highest BCUT2D eigenvalue weighted by Gasteiger charge is 2.61. The first kappa shape index (κ1) is 17.5. The molecule has 2 fully saturated rings. The zero-order valence-electron chi connectivity index (χ0n) is 15.4. The van der Waals surface area contributed by atoms with E-state index in [2.05, 4.69) is 0 Å². The van der Waals surface area contributed by atoms with Crippen LogP contribution in [-0.4, -0.2) is 57.9 Å². The number of hydrogen-bond acceptors (Lipinski definition) is 5. The van der Waals surface area contributed by atoms with Crippen LogP contribution in [0.25, 0.3) is 0 Å². The summed E-state index contributed by atoms with van der Waals surface area (Å²) in [5.41, 5.74) is 1.31. The van der Waals surface area contributed by atoms with Gasteiger partial charge in [-0.3, -0.25) is 14.4 Å². The number of fused-ring (bicyclic) bond motifs is 1. The highest BCUT2D eigenvalue weighted by molar-refractivity contribution is 5.94. The summed E-state index contributed by atoms with van der Waals surface area (Å²) in [4.78, 5) is 44.3. The van der Waals surface area contributed by atoms with Gasteiger partial charge in [0.1, 0.15) is 6.10 Å². The van der Waals surface area contributed by atoms with Gasteiger partial charge in [0.25, 0.3) is 5.91 Å². The maximum atomic E-state index is 13.1. The summed E-state index contributed by atoms with van der Waals surface area (Å²) < 4.78 is 5.16. The third kappa shape index (κ3) is 2.51. The van der Waals surface area contributed by atoms with Gasteiger partial charge in [0.2, 0.25) is 5.91 Å². The predicted octanol–water partition coefficient (Wildman–Crippen LogP) is 1.95. The van der Waals surface area contributed by atoms with Crippen molar-refractivity contribution in [3.63, 3.8) is 0 Å². The molecule has 0 aliphatic carbocycles. The first-order chi connectivity index (χ1) is 13.0. The van der Waals surface area contributed by atoms with Gasteiger partial charge < -0.3 is 4.74 Å². The van der Waals surface area contributed by atoms with Crippen molar-refractivity contribution < 1.29 is 24.0 Å². The van der Waals surface area contributed by atoms with Crippen LogP contribution in [0.2, 0.25) is 0 Å². The fraction of sp³-hybridized carbons (Fsp3) is 0.421. The van der Waals surface area contributed by atoms with Crippen molar-refractivity contribution >= 4 is 17.9 Å². The van der Waals surface area contributed by atoms with Crippen LogP contribution in [-0.2, 0) is 14.4 Å². The lowest BCUT2D eigenvalue weighted by Gasteiger charge is -2.49. The van der Waals surface area contributed by atoms with Gasteiger partial charge in [-0.2, -0.15) is 10.1 Å². The van der Waals surface area contributed by atoms with E-state index in [0.717, 1.165) is 5.57 Å². The Balaban J connectivity index is 1.77. The number of carbonyl (C=O) groups is 3.